The highest BCUT2D eigenvalue weighted by Gasteiger charge is 2.18. The standard InChI is InChI=1S/C15H8N2O/c18-15-12-6-5-11-10(13(12)8-17-15)4-3-9-2-1-7-16-14(9)11/h1-8H. The van der Waals surface area contributed by atoms with Gasteiger partial charge in [-0.05, 0) is 17.5 Å². The molecule has 1 aliphatic heterocycles. The molecular weight excluding hydrogens is 224 g/mol. The first-order chi connectivity index (χ1) is 8.84. The molecule has 1 amide bonds. The van der Waals surface area contributed by atoms with E-state index >= 15 is 0 Å². The van der Waals surface area contributed by atoms with Crippen LogP contribution in [0.1, 0.15) is 15.9 Å². The van der Waals surface area contributed by atoms with Crippen LogP contribution < -0.4 is 0 Å². The third-order valence-electron chi connectivity index (χ3n) is 3.35. The Kier molecular flexibility index (Phi) is 1.70. The number of benzene rings is 2. The number of carbonyl (C=O) groups is 1. The van der Waals surface area contributed by atoms with Crippen LogP contribution in [0.25, 0.3) is 21.7 Å². The largest absolute Gasteiger partial charge is 0.277 e. The zero-order valence-corrected chi connectivity index (χ0v) is 9.42. The molecule has 0 radical (unpaired) electrons. The van der Waals surface area contributed by atoms with Crippen molar-refractivity contribution in [2.45, 2.75) is 0 Å². The van der Waals surface area contributed by atoms with Crippen LogP contribution in [0.3, 0.4) is 0 Å². The summed E-state index contributed by atoms with van der Waals surface area (Å²) in [5.41, 5.74) is 2.55. The number of aromatic nitrogens is 1. The molecule has 0 unspecified atom stereocenters. The van der Waals surface area contributed by atoms with Crippen LogP contribution in [0, 0.1) is 0 Å². The summed E-state index contributed by atoms with van der Waals surface area (Å²) in [6.07, 6.45) is 3.43. The number of pyridine rings is 1. The van der Waals surface area contributed by atoms with E-state index in [1.165, 1.54) is 0 Å². The molecule has 0 saturated heterocycles. The lowest BCUT2D eigenvalue weighted by molar-refractivity contribution is 0.101. The Morgan fingerprint density at radius 2 is 1.83 bits per heavy atom. The first-order valence-corrected chi connectivity index (χ1v) is 5.73. The first kappa shape index (κ1) is 9.48. The quantitative estimate of drug-likeness (QED) is 0.559. The molecule has 2 aromatic carbocycles. The van der Waals surface area contributed by atoms with Gasteiger partial charge < -0.3 is 0 Å². The van der Waals surface area contributed by atoms with Gasteiger partial charge in [0.05, 0.1) is 11.1 Å². The summed E-state index contributed by atoms with van der Waals surface area (Å²) in [5, 5.41) is 3.20. The van der Waals surface area contributed by atoms with E-state index < -0.39 is 0 Å². The monoisotopic (exact) mass is 232 g/mol. The Morgan fingerprint density at radius 1 is 0.944 bits per heavy atom. The number of hydrogen-bond acceptors (Lipinski definition) is 2. The van der Waals surface area contributed by atoms with Gasteiger partial charge in [0.15, 0.2) is 0 Å². The lowest BCUT2D eigenvalue weighted by Crippen LogP contribution is -1.93. The maximum atomic E-state index is 11.6. The molecule has 3 nitrogen and oxygen atoms in total. The van der Waals surface area contributed by atoms with Gasteiger partial charge in [-0.15, -0.1) is 0 Å². The number of aliphatic imine (C=N–C) groups is 1. The molecule has 84 valence electrons. The number of rotatable bonds is 0. The fraction of sp³-hybridized carbons (Fsp3) is 0. The SMILES string of the molecule is O=C1N=Cc2c1ccc1c2ccc2cccnc21. The molecular formula is C15H8N2O. The summed E-state index contributed by atoms with van der Waals surface area (Å²) >= 11 is 0. The van der Waals surface area contributed by atoms with Crippen molar-refractivity contribution in [1.29, 1.82) is 0 Å². The maximum absolute atomic E-state index is 11.6. The number of nitrogens with zero attached hydrogens (tertiary/aromatic N) is 2. The van der Waals surface area contributed by atoms with Gasteiger partial charge >= 0.3 is 0 Å². The van der Waals surface area contributed by atoms with Crippen molar-refractivity contribution in [2.75, 3.05) is 0 Å². The molecule has 0 N–H and O–H groups in total. The summed E-state index contributed by atoms with van der Waals surface area (Å²) in [6, 6.07) is 11.8. The molecule has 0 aliphatic carbocycles. The molecule has 2 heterocycles. The molecule has 18 heavy (non-hydrogen) atoms. The molecule has 1 aromatic heterocycles. The van der Waals surface area contributed by atoms with E-state index in [4.69, 9.17) is 0 Å². The Hall–Kier alpha value is -2.55. The topological polar surface area (TPSA) is 42.3 Å². The second-order valence-corrected chi connectivity index (χ2v) is 4.33. The van der Waals surface area contributed by atoms with Gasteiger partial charge in [-0.3, -0.25) is 9.78 Å². The molecule has 0 saturated carbocycles. The van der Waals surface area contributed by atoms with Gasteiger partial charge in [0, 0.05) is 28.7 Å². The van der Waals surface area contributed by atoms with Gasteiger partial charge in [0.2, 0.25) is 0 Å². The predicted molar refractivity (Wildman–Crippen MR) is 71.2 cm³/mol. The number of amides is 1. The van der Waals surface area contributed by atoms with Crippen molar-refractivity contribution in [2.24, 2.45) is 4.99 Å². The van der Waals surface area contributed by atoms with E-state index in [2.05, 4.69) is 9.98 Å². The Morgan fingerprint density at radius 3 is 2.78 bits per heavy atom. The van der Waals surface area contributed by atoms with Crippen LogP contribution in [0.15, 0.2) is 47.6 Å². The number of carbonyl (C=O) groups excluding carboxylic acids is 1. The van der Waals surface area contributed by atoms with Gasteiger partial charge in [0.25, 0.3) is 5.91 Å². The fourth-order valence-electron chi connectivity index (χ4n) is 2.49. The molecule has 1 aliphatic rings. The molecule has 0 bridgehead atoms. The molecule has 4 rings (SSSR count). The van der Waals surface area contributed by atoms with Crippen LogP contribution in [0.5, 0.6) is 0 Å². The van der Waals surface area contributed by atoms with E-state index in [1.807, 2.05) is 36.4 Å². The Balaban J connectivity index is 2.24. The second kappa shape index (κ2) is 3.23. The highest BCUT2D eigenvalue weighted by Crippen LogP contribution is 2.29. The average molecular weight is 232 g/mol. The predicted octanol–water partition coefficient (Wildman–Crippen LogP) is 2.96. The zero-order chi connectivity index (χ0) is 12.1. The minimum Gasteiger partial charge on any atom is -0.267 e. The zero-order valence-electron chi connectivity index (χ0n) is 9.42. The Labute approximate surface area is 103 Å². The summed E-state index contributed by atoms with van der Waals surface area (Å²) in [5.74, 6) is -0.159. The fourth-order valence-corrected chi connectivity index (χ4v) is 2.49. The summed E-state index contributed by atoms with van der Waals surface area (Å²) in [4.78, 5) is 19.8. The highest BCUT2D eigenvalue weighted by molar-refractivity contribution is 6.21. The third-order valence-corrected chi connectivity index (χ3v) is 3.35. The van der Waals surface area contributed by atoms with Crippen molar-refractivity contribution in [1.82, 2.24) is 4.98 Å². The molecule has 0 spiro atoms. The second-order valence-electron chi connectivity index (χ2n) is 4.33. The summed E-state index contributed by atoms with van der Waals surface area (Å²) in [7, 11) is 0. The molecule has 0 atom stereocenters. The van der Waals surface area contributed by atoms with Crippen molar-refractivity contribution in [3.63, 3.8) is 0 Å². The number of fused-ring (bicyclic) bond motifs is 5. The average Bonchev–Trinajstić information content (AvgIpc) is 2.80. The first-order valence-electron chi connectivity index (χ1n) is 5.73. The lowest BCUT2D eigenvalue weighted by atomic mass is 9.98. The van der Waals surface area contributed by atoms with Crippen molar-refractivity contribution < 1.29 is 4.79 Å². The van der Waals surface area contributed by atoms with Gasteiger partial charge in [-0.1, -0.05) is 24.3 Å². The highest BCUT2D eigenvalue weighted by atomic mass is 16.1. The van der Waals surface area contributed by atoms with Crippen molar-refractivity contribution in [3.05, 3.63) is 53.7 Å². The third kappa shape index (κ3) is 1.10. The lowest BCUT2D eigenvalue weighted by Gasteiger charge is -2.05. The van der Waals surface area contributed by atoms with Crippen LogP contribution >= 0.6 is 0 Å². The van der Waals surface area contributed by atoms with E-state index in [0.29, 0.717) is 5.56 Å². The molecule has 0 fully saturated rings. The van der Waals surface area contributed by atoms with Crippen LogP contribution in [-0.2, 0) is 0 Å². The molecule has 3 aromatic rings. The smallest absolute Gasteiger partial charge is 0.267 e. The van der Waals surface area contributed by atoms with Crippen molar-refractivity contribution in [3.8, 4) is 0 Å². The minimum absolute atomic E-state index is 0.159. The van der Waals surface area contributed by atoms with Crippen LogP contribution in [0.2, 0.25) is 0 Å². The van der Waals surface area contributed by atoms with Crippen LogP contribution in [-0.4, -0.2) is 17.1 Å². The maximum Gasteiger partial charge on any atom is 0.277 e. The van der Waals surface area contributed by atoms with Crippen LogP contribution in [0.4, 0.5) is 0 Å². The van der Waals surface area contributed by atoms with Gasteiger partial charge in [-0.25, -0.2) is 4.99 Å². The molecule has 3 heteroatoms. The summed E-state index contributed by atoms with van der Waals surface area (Å²) < 4.78 is 0. The van der Waals surface area contributed by atoms with Gasteiger partial charge in [-0.2, -0.15) is 0 Å². The van der Waals surface area contributed by atoms with E-state index in [9.17, 15) is 4.79 Å². The Bertz CT molecular complexity index is 850. The van der Waals surface area contributed by atoms with Crippen molar-refractivity contribution >= 4 is 33.8 Å². The normalized spacial score (nSPS) is 13.4. The minimum atomic E-state index is -0.159. The van der Waals surface area contributed by atoms with E-state index in [0.717, 1.165) is 27.2 Å². The number of hydrogen-bond donors (Lipinski definition) is 0. The van der Waals surface area contributed by atoms with E-state index in [-0.39, 0.29) is 5.91 Å². The van der Waals surface area contributed by atoms with Gasteiger partial charge in [0.1, 0.15) is 0 Å². The summed E-state index contributed by atoms with van der Waals surface area (Å²) in [6.45, 7) is 0. The van der Waals surface area contributed by atoms with E-state index in [1.54, 1.807) is 12.4 Å².